The summed E-state index contributed by atoms with van der Waals surface area (Å²) in [5.74, 6) is 2.12. The van der Waals surface area contributed by atoms with Crippen molar-refractivity contribution in [3.63, 3.8) is 0 Å². The van der Waals surface area contributed by atoms with Crippen LogP contribution in [0.2, 0.25) is 0 Å². The van der Waals surface area contributed by atoms with Crippen molar-refractivity contribution in [1.29, 1.82) is 0 Å². The second-order valence-electron chi connectivity index (χ2n) is 7.08. The SMILES string of the molecule is C=CCn1c(SCC(=O)Nc2ccccc2OCC)nnc1C(C)Oc1cccc(C)c1. The molecule has 1 atom stereocenters. The van der Waals surface area contributed by atoms with E-state index in [0.717, 1.165) is 11.3 Å². The summed E-state index contributed by atoms with van der Waals surface area (Å²) in [5, 5.41) is 12.1. The normalized spacial score (nSPS) is 11.6. The molecule has 32 heavy (non-hydrogen) atoms. The molecule has 2 aromatic carbocycles. The molecule has 168 valence electrons. The number of aromatic nitrogens is 3. The molecular weight excluding hydrogens is 424 g/mol. The third kappa shape index (κ3) is 6.13. The number of nitrogens with zero attached hydrogens (tertiary/aromatic N) is 3. The number of carbonyl (C=O) groups excluding carboxylic acids is 1. The zero-order valence-corrected chi connectivity index (χ0v) is 19.4. The lowest BCUT2D eigenvalue weighted by molar-refractivity contribution is -0.113. The van der Waals surface area contributed by atoms with Crippen LogP contribution in [0.3, 0.4) is 0 Å². The van der Waals surface area contributed by atoms with Crippen LogP contribution in [0.5, 0.6) is 11.5 Å². The van der Waals surface area contributed by atoms with E-state index in [-0.39, 0.29) is 17.8 Å². The molecule has 0 fully saturated rings. The summed E-state index contributed by atoms with van der Waals surface area (Å²) >= 11 is 1.31. The average molecular weight is 453 g/mol. The second kappa shape index (κ2) is 11.4. The van der Waals surface area contributed by atoms with E-state index in [0.29, 0.717) is 35.6 Å². The van der Waals surface area contributed by atoms with Gasteiger partial charge in [0.25, 0.3) is 0 Å². The number of aryl methyl sites for hydroxylation is 1. The number of para-hydroxylation sites is 2. The van der Waals surface area contributed by atoms with Crippen LogP contribution in [0.25, 0.3) is 0 Å². The van der Waals surface area contributed by atoms with Gasteiger partial charge in [0, 0.05) is 6.54 Å². The number of allylic oxidation sites excluding steroid dienone is 1. The van der Waals surface area contributed by atoms with Gasteiger partial charge in [-0.15, -0.1) is 16.8 Å². The van der Waals surface area contributed by atoms with Gasteiger partial charge in [-0.05, 0) is 50.6 Å². The van der Waals surface area contributed by atoms with Crippen molar-refractivity contribution < 1.29 is 14.3 Å². The standard InChI is InChI=1S/C24H28N4O3S/c1-5-14-28-23(18(4)31-19-11-9-10-17(3)15-19)26-27-24(28)32-16-22(29)25-20-12-7-8-13-21(20)30-6-2/h5,7-13,15,18H,1,6,14,16H2,2-4H3,(H,25,29). The summed E-state index contributed by atoms with van der Waals surface area (Å²) in [4.78, 5) is 12.5. The number of carbonyl (C=O) groups is 1. The molecule has 0 spiro atoms. The van der Waals surface area contributed by atoms with E-state index in [4.69, 9.17) is 9.47 Å². The number of benzene rings is 2. The van der Waals surface area contributed by atoms with Gasteiger partial charge in [-0.1, -0.05) is 42.1 Å². The van der Waals surface area contributed by atoms with E-state index in [9.17, 15) is 4.79 Å². The molecule has 3 rings (SSSR count). The molecule has 0 saturated heterocycles. The summed E-state index contributed by atoms with van der Waals surface area (Å²) in [7, 11) is 0. The molecule has 0 aliphatic carbocycles. The minimum atomic E-state index is -0.314. The molecule has 0 saturated carbocycles. The molecule has 3 aromatic rings. The third-order valence-corrected chi connectivity index (χ3v) is 5.48. The van der Waals surface area contributed by atoms with Gasteiger partial charge < -0.3 is 14.8 Å². The average Bonchev–Trinajstić information content (AvgIpc) is 3.17. The predicted octanol–water partition coefficient (Wildman–Crippen LogP) is 5.04. The van der Waals surface area contributed by atoms with Gasteiger partial charge in [-0.2, -0.15) is 0 Å². The molecule has 1 amide bonds. The van der Waals surface area contributed by atoms with Crippen LogP contribution in [-0.4, -0.2) is 33.0 Å². The summed E-state index contributed by atoms with van der Waals surface area (Å²) in [5.41, 5.74) is 1.77. The van der Waals surface area contributed by atoms with Gasteiger partial charge in [-0.25, -0.2) is 0 Å². The number of hydrogen-bond acceptors (Lipinski definition) is 6. The molecule has 8 heteroatoms. The fourth-order valence-electron chi connectivity index (χ4n) is 3.12. The van der Waals surface area contributed by atoms with E-state index in [1.807, 2.05) is 73.9 Å². The Morgan fingerprint density at radius 3 is 2.81 bits per heavy atom. The van der Waals surface area contributed by atoms with Crippen LogP contribution in [0.4, 0.5) is 5.69 Å². The van der Waals surface area contributed by atoms with Crippen molar-refractivity contribution in [3.8, 4) is 11.5 Å². The molecule has 0 bridgehead atoms. The molecule has 1 aromatic heterocycles. The van der Waals surface area contributed by atoms with Crippen molar-refractivity contribution in [1.82, 2.24) is 14.8 Å². The third-order valence-electron chi connectivity index (χ3n) is 4.52. The molecule has 1 N–H and O–H groups in total. The van der Waals surface area contributed by atoms with Gasteiger partial charge >= 0.3 is 0 Å². The summed E-state index contributed by atoms with van der Waals surface area (Å²) in [6.45, 7) is 10.7. The Morgan fingerprint density at radius 2 is 2.06 bits per heavy atom. The Hall–Kier alpha value is -3.26. The minimum absolute atomic E-state index is 0.152. The minimum Gasteiger partial charge on any atom is -0.492 e. The quantitative estimate of drug-likeness (QED) is 0.324. The fourth-order valence-corrected chi connectivity index (χ4v) is 3.88. The lowest BCUT2D eigenvalue weighted by Crippen LogP contribution is -2.16. The maximum Gasteiger partial charge on any atom is 0.234 e. The Balaban J connectivity index is 1.67. The number of rotatable bonds is 11. The Morgan fingerprint density at radius 1 is 1.25 bits per heavy atom. The number of nitrogens with one attached hydrogen (secondary N) is 1. The van der Waals surface area contributed by atoms with Crippen LogP contribution < -0.4 is 14.8 Å². The van der Waals surface area contributed by atoms with Crippen LogP contribution in [-0.2, 0) is 11.3 Å². The highest BCUT2D eigenvalue weighted by molar-refractivity contribution is 7.99. The van der Waals surface area contributed by atoms with Crippen molar-refractivity contribution >= 4 is 23.4 Å². The monoisotopic (exact) mass is 452 g/mol. The number of hydrogen-bond donors (Lipinski definition) is 1. The van der Waals surface area contributed by atoms with Crippen molar-refractivity contribution in [2.75, 3.05) is 17.7 Å². The number of amides is 1. The topological polar surface area (TPSA) is 78.3 Å². The number of anilines is 1. The highest BCUT2D eigenvalue weighted by Gasteiger charge is 2.20. The highest BCUT2D eigenvalue weighted by atomic mass is 32.2. The first-order valence-electron chi connectivity index (χ1n) is 10.4. The molecule has 1 heterocycles. The van der Waals surface area contributed by atoms with E-state index < -0.39 is 0 Å². The van der Waals surface area contributed by atoms with Gasteiger partial charge in [-0.3, -0.25) is 9.36 Å². The Bertz CT molecular complexity index is 1070. The maximum atomic E-state index is 12.5. The van der Waals surface area contributed by atoms with Crippen molar-refractivity contribution in [2.45, 2.75) is 38.6 Å². The van der Waals surface area contributed by atoms with Gasteiger partial charge in [0.15, 0.2) is 17.1 Å². The summed E-state index contributed by atoms with van der Waals surface area (Å²) in [6, 6.07) is 15.2. The van der Waals surface area contributed by atoms with E-state index in [1.165, 1.54) is 11.8 Å². The second-order valence-corrected chi connectivity index (χ2v) is 8.03. The molecule has 1 unspecified atom stereocenters. The van der Waals surface area contributed by atoms with Gasteiger partial charge in [0.05, 0.1) is 18.0 Å². The molecular formula is C24H28N4O3S. The van der Waals surface area contributed by atoms with E-state index in [2.05, 4.69) is 22.1 Å². The zero-order chi connectivity index (χ0) is 22.9. The summed E-state index contributed by atoms with van der Waals surface area (Å²) in [6.07, 6.45) is 1.46. The van der Waals surface area contributed by atoms with Crippen molar-refractivity contribution in [3.05, 3.63) is 72.6 Å². The van der Waals surface area contributed by atoms with E-state index in [1.54, 1.807) is 6.08 Å². The van der Waals surface area contributed by atoms with Crippen LogP contribution in [0.15, 0.2) is 66.3 Å². The van der Waals surface area contributed by atoms with Gasteiger partial charge in [0.2, 0.25) is 5.91 Å². The fraction of sp³-hybridized carbons (Fsp3) is 0.292. The summed E-state index contributed by atoms with van der Waals surface area (Å²) < 4.78 is 13.5. The number of thioether (sulfide) groups is 1. The van der Waals surface area contributed by atoms with E-state index >= 15 is 0 Å². The number of ether oxygens (including phenoxy) is 2. The zero-order valence-electron chi connectivity index (χ0n) is 18.6. The first-order chi connectivity index (χ1) is 15.5. The first-order valence-corrected chi connectivity index (χ1v) is 11.4. The highest BCUT2D eigenvalue weighted by Crippen LogP contribution is 2.27. The smallest absolute Gasteiger partial charge is 0.234 e. The van der Waals surface area contributed by atoms with Gasteiger partial charge in [0.1, 0.15) is 11.5 Å². The molecule has 0 aliphatic rings. The predicted molar refractivity (Wildman–Crippen MR) is 127 cm³/mol. The molecule has 7 nitrogen and oxygen atoms in total. The molecule has 0 aliphatic heterocycles. The van der Waals surface area contributed by atoms with Crippen LogP contribution in [0.1, 0.15) is 31.3 Å². The largest absolute Gasteiger partial charge is 0.492 e. The van der Waals surface area contributed by atoms with Crippen LogP contribution >= 0.6 is 11.8 Å². The first kappa shape index (κ1) is 23.4. The van der Waals surface area contributed by atoms with Crippen LogP contribution in [0, 0.1) is 6.92 Å². The molecule has 0 radical (unpaired) electrons. The maximum absolute atomic E-state index is 12.5. The lowest BCUT2D eigenvalue weighted by atomic mass is 10.2. The Labute approximate surface area is 192 Å². The lowest BCUT2D eigenvalue weighted by Gasteiger charge is -2.16. The van der Waals surface area contributed by atoms with Crippen molar-refractivity contribution in [2.24, 2.45) is 0 Å². The Kier molecular flexibility index (Phi) is 8.33.